The molecule has 1 amide bonds. The van der Waals surface area contributed by atoms with Gasteiger partial charge in [-0.05, 0) is 49.2 Å². The molecule has 1 aliphatic rings. The van der Waals surface area contributed by atoms with Crippen LogP contribution in [0, 0.1) is 0 Å². The molecule has 0 atom stereocenters. The van der Waals surface area contributed by atoms with Crippen LogP contribution in [0.15, 0.2) is 59.7 Å². The summed E-state index contributed by atoms with van der Waals surface area (Å²) in [7, 11) is 0. The van der Waals surface area contributed by atoms with Crippen molar-refractivity contribution in [1.82, 2.24) is 9.78 Å². The Balaban J connectivity index is 1.65. The highest BCUT2D eigenvalue weighted by atomic mass is 16.3. The molecule has 132 valence electrons. The number of carbonyl (C=O) groups excluding carboxylic acids is 1. The SMILES string of the molecule is C=CCn1nc(-c2cc(NC(=O)c3ccco3)ccc2O)cc1C1CC1. The molecule has 2 aromatic heterocycles. The van der Waals surface area contributed by atoms with E-state index in [0.717, 1.165) is 18.5 Å². The summed E-state index contributed by atoms with van der Waals surface area (Å²) in [5, 5.41) is 17.7. The number of hydrogen-bond acceptors (Lipinski definition) is 4. The molecular formula is C20H19N3O3. The predicted molar refractivity (Wildman–Crippen MR) is 98.2 cm³/mol. The second-order valence-corrected chi connectivity index (χ2v) is 6.36. The summed E-state index contributed by atoms with van der Waals surface area (Å²) in [6.07, 6.45) is 5.58. The van der Waals surface area contributed by atoms with E-state index >= 15 is 0 Å². The van der Waals surface area contributed by atoms with E-state index in [1.807, 2.05) is 16.8 Å². The van der Waals surface area contributed by atoms with Crippen LogP contribution in [0.25, 0.3) is 11.3 Å². The van der Waals surface area contributed by atoms with Crippen LogP contribution in [0.4, 0.5) is 5.69 Å². The van der Waals surface area contributed by atoms with Crippen LogP contribution in [0.1, 0.15) is 35.0 Å². The molecule has 0 unspecified atom stereocenters. The third-order valence-corrected chi connectivity index (χ3v) is 4.38. The van der Waals surface area contributed by atoms with Crippen molar-refractivity contribution in [3.05, 3.63) is 66.8 Å². The molecule has 6 heteroatoms. The van der Waals surface area contributed by atoms with Crippen LogP contribution in [0.3, 0.4) is 0 Å². The van der Waals surface area contributed by atoms with Gasteiger partial charge in [0.25, 0.3) is 5.91 Å². The summed E-state index contributed by atoms with van der Waals surface area (Å²) >= 11 is 0. The van der Waals surface area contributed by atoms with E-state index in [-0.39, 0.29) is 17.4 Å². The second-order valence-electron chi connectivity index (χ2n) is 6.36. The molecule has 0 aliphatic heterocycles. The largest absolute Gasteiger partial charge is 0.507 e. The van der Waals surface area contributed by atoms with E-state index in [9.17, 15) is 9.90 Å². The van der Waals surface area contributed by atoms with Gasteiger partial charge in [-0.25, -0.2) is 0 Å². The third-order valence-electron chi connectivity index (χ3n) is 4.38. The average Bonchev–Trinajstić information content (AvgIpc) is 3.16. The lowest BCUT2D eigenvalue weighted by atomic mass is 10.1. The summed E-state index contributed by atoms with van der Waals surface area (Å²) in [5.74, 6) is 0.528. The Morgan fingerprint density at radius 3 is 2.92 bits per heavy atom. The zero-order valence-corrected chi connectivity index (χ0v) is 14.2. The van der Waals surface area contributed by atoms with Gasteiger partial charge in [-0.1, -0.05) is 6.08 Å². The fraction of sp³-hybridized carbons (Fsp3) is 0.200. The number of phenolic OH excluding ortho intramolecular Hbond substituents is 1. The van der Waals surface area contributed by atoms with Gasteiger partial charge in [0.05, 0.1) is 18.5 Å². The minimum atomic E-state index is -0.345. The van der Waals surface area contributed by atoms with Crippen LogP contribution >= 0.6 is 0 Å². The van der Waals surface area contributed by atoms with Crippen LogP contribution < -0.4 is 5.32 Å². The first kappa shape index (κ1) is 16.2. The van der Waals surface area contributed by atoms with Gasteiger partial charge in [0.2, 0.25) is 0 Å². The third kappa shape index (κ3) is 3.13. The smallest absolute Gasteiger partial charge is 0.291 e. The minimum absolute atomic E-state index is 0.117. The van der Waals surface area contributed by atoms with Gasteiger partial charge in [-0.2, -0.15) is 5.10 Å². The maximum atomic E-state index is 12.2. The first-order chi connectivity index (χ1) is 12.7. The number of nitrogens with zero attached hydrogens (tertiary/aromatic N) is 2. The van der Waals surface area contributed by atoms with E-state index in [0.29, 0.717) is 29.4 Å². The van der Waals surface area contributed by atoms with E-state index in [1.165, 1.54) is 6.26 Å². The van der Waals surface area contributed by atoms with E-state index < -0.39 is 0 Å². The van der Waals surface area contributed by atoms with E-state index in [2.05, 4.69) is 17.0 Å². The molecule has 0 bridgehead atoms. The molecule has 0 saturated heterocycles. The average molecular weight is 349 g/mol. The monoisotopic (exact) mass is 349 g/mol. The number of benzene rings is 1. The van der Waals surface area contributed by atoms with Gasteiger partial charge >= 0.3 is 0 Å². The number of furan rings is 1. The lowest BCUT2D eigenvalue weighted by Gasteiger charge is -2.07. The fourth-order valence-corrected chi connectivity index (χ4v) is 2.96. The molecule has 1 aliphatic carbocycles. The van der Waals surface area contributed by atoms with Gasteiger partial charge in [0.1, 0.15) is 5.75 Å². The van der Waals surface area contributed by atoms with Gasteiger partial charge in [0.15, 0.2) is 5.76 Å². The zero-order valence-electron chi connectivity index (χ0n) is 14.2. The summed E-state index contributed by atoms with van der Waals surface area (Å²) in [4.78, 5) is 12.2. The lowest BCUT2D eigenvalue weighted by Crippen LogP contribution is -2.10. The summed E-state index contributed by atoms with van der Waals surface area (Å²) in [6.45, 7) is 4.41. The Labute approximate surface area is 150 Å². The second kappa shape index (κ2) is 6.55. The maximum Gasteiger partial charge on any atom is 0.291 e. The number of allylic oxidation sites excluding steroid dienone is 1. The highest BCUT2D eigenvalue weighted by Crippen LogP contribution is 2.42. The molecule has 26 heavy (non-hydrogen) atoms. The van der Waals surface area contributed by atoms with Gasteiger partial charge in [-0.3, -0.25) is 9.48 Å². The first-order valence-corrected chi connectivity index (χ1v) is 8.52. The molecule has 2 N–H and O–H groups in total. The van der Waals surface area contributed by atoms with Crippen molar-refractivity contribution in [3.8, 4) is 17.0 Å². The van der Waals surface area contributed by atoms with Crippen molar-refractivity contribution in [3.63, 3.8) is 0 Å². The zero-order chi connectivity index (χ0) is 18.1. The molecule has 4 rings (SSSR count). The topological polar surface area (TPSA) is 80.3 Å². The summed E-state index contributed by atoms with van der Waals surface area (Å²) in [5.41, 5.74) is 2.97. The van der Waals surface area contributed by atoms with Crippen LogP contribution in [-0.4, -0.2) is 20.8 Å². The molecule has 3 aromatic rings. The number of aromatic hydroxyl groups is 1. The highest BCUT2D eigenvalue weighted by molar-refractivity contribution is 6.02. The lowest BCUT2D eigenvalue weighted by molar-refractivity contribution is 0.0996. The number of nitrogens with one attached hydrogen (secondary N) is 1. The van der Waals surface area contributed by atoms with Crippen molar-refractivity contribution in [2.75, 3.05) is 5.32 Å². The van der Waals surface area contributed by atoms with Crippen LogP contribution in [-0.2, 0) is 6.54 Å². The van der Waals surface area contributed by atoms with Crippen LogP contribution in [0.2, 0.25) is 0 Å². The number of aromatic nitrogens is 2. The number of carbonyl (C=O) groups is 1. The maximum absolute atomic E-state index is 12.2. The standard InChI is InChI=1S/C20H19N3O3/c1-2-9-23-17(13-5-6-13)12-16(22-23)15-11-14(7-8-18(15)24)21-20(25)19-4-3-10-26-19/h2-4,7-8,10-13,24H,1,5-6,9H2,(H,21,25). The normalized spacial score (nSPS) is 13.5. The highest BCUT2D eigenvalue weighted by Gasteiger charge is 2.28. The number of hydrogen-bond donors (Lipinski definition) is 2. The Morgan fingerprint density at radius 1 is 1.38 bits per heavy atom. The van der Waals surface area contributed by atoms with Gasteiger partial charge in [-0.15, -0.1) is 6.58 Å². The number of rotatable bonds is 6. The van der Waals surface area contributed by atoms with Crippen molar-refractivity contribution < 1.29 is 14.3 Å². The molecule has 0 spiro atoms. The molecule has 1 aromatic carbocycles. The minimum Gasteiger partial charge on any atom is -0.507 e. The van der Waals surface area contributed by atoms with Crippen molar-refractivity contribution in [2.24, 2.45) is 0 Å². The molecule has 2 heterocycles. The van der Waals surface area contributed by atoms with Crippen molar-refractivity contribution in [2.45, 2.75) is 25.3 Å². The summed E-state index contributed by atoms with van der Waals surface area (Å²) < 4.78 is 7.02. The molecular weight excluding hydrogens is 330 g/mol. The first-order valence-electron chi connectivity index (χ1n) is 8.52. The van der Waals surface area contributed by atoms with Crippen LogP contribution in [0.5, 0.6) is 5.75 Å². The number of amides is 1. The summed E-state index contributed by atoms with van der Waals surface area (Å²) in [6, 6.07) is 10.2. The number of phenols is 1. The Bertz CT molecular complexity index is 953. The quantitative estimate of drug-likeness (QED) is 0.517. The van der Waals surface area contributed by atoms with E-state index in [4.69, 9.17) is 4.42 Å². The molecule has 0 radical (unpaired) electrons. The Hall–Kier alpha value is -3.28. The molecule has 1 fully saturated rings. The van der Waals surface area contributed by atoms with Crippen molar-refractivity contribution in [1.29, 1.82) is 0 Å². The van der Waals surface area contributed by atoms with Crippen molar-refractivity contribution >= 4 is 11.6 Å². The Morgan fingerprint density at radius 2 is 2.23 bits per heavy atom. The molecule has 1 saturated carbocycles. The van der Waals surface area contributed by atoms with Gasteiger partial charge in [0, 0.05) is 22.9 Å². The number of anilines is 1. The molecule has 6 nitrogen and oxygen atoms in total. The van der Waals surface area contributed by atoms with Gasteiger partial charge < -0.3 is 14.8 Å². The Kier molecular flexibility index (Phi) is 4.08. The van der Waals surface area contributed by atoms with E-state index in [1.54, 1.807) is 30.3 Å². The predicted octanol–water partition coefficient (Wildman–Crippen LogP) is 4.16. The fourth-order valence-electron chi connectivity index (χ4n) is 2.96.